The molecule has 1 aromatic heterocycles. The summed E-state index contributed by atoms with van der Waals surface area (Å²) in [6.07, 6.45) is 4.92. The molecule has 1 fully saturated rings. The summed E-state index contributed by atoms with van der Waals surface area (Å²) in [4.78, 5) is 15.6. The second kappa shape index (κ2) is 4.88. The maximum atomic E-state index is 11.1. The van der Waals surface area contributed by atoms with Gasteiger partial charge in [0.2, 0.25) is 0 Å². The van der Waals surface area contributed by atoms with Gasteiger partial charge in [-0.1, -0.05) is 18.9 Å². The number of benzene rings is 1. The summed E-state index contributed by atoms with van der Waals surface area (Å²) in [5.41, 5.74) is 1.03. The molecule has 19 heavy (non-hydrogen) atoms. The van der Waals surface area contributed by atoms with E-state index in [0.29, 0.717) is 17.0 Å². The fraction of sp³-hybridized carbons (Fsp3) is 0.333. The molecule has 4 heteroatoms. The first-order chi connectivity index (χ1) is 9.24. The standard InChI is InChI=1S/C15H16N2O2/c18-15(19)12-6-3-7-13-11(12)8-9-14(17-13)16-10-4-1-2-5-10/h3,6-10H,1-2,4-5H2,(H,16,17)(H,18,19). The molecule has 0 bridgehead atoms. The zero-order valence-electron chi connectivity index (χ0n) is 10.6. The Labute approximate surface area is 111 Å². The molecule has 98 valence electrons. The van der Waals surface area contributed by atoms with E-state index in [4.69, 9.17) is 5.11 Å². The van der Waals surface area contributed by atoms with Gasteiger partial charge in [0.15, 0.2) is 0 Å². The summed E-state index contributed by atoms with van der Waals surface area (Å²) < 4.78 is 0. The van der Waals surface area contributed by atoms with Crippen LogP contribution in [0.15, 0.2) is 30.3 Å². The summed E-state index contributed by atoms with van der Waals surface area (Å²) in [5, 5.41) is 13.2. The number of pyridine rings is 1. The van der Waals surface area contributed by atoms with Crippen molar-refractivity contribution in [3.63, 3.8) is 0 Å². The molecule has 1 aliphatic carbocycles. The van der Waals surface area contributed by atoms with Crippen molar-refractivity contribution in [1.29, 1.82) is 0 Å². The average Bonchev–Trinajstić information content (AvgIpc) is 2.90. The number of fused-ring (bicyclic) bond motifs is 1. The number of aromatic nitrogens is 1. The Kier molecular flexibility index (Phi) is 3.07. The molecule has 1 saturated carbocycles. The Morgan fingerprint density at radius 1 is 1.21 bits per heavy atom. The van der Waals surface area contributed by atoms with Gasteiger partial charge in [-0.25, -0.2) is 9.78 Å². The van der Waals surface area contributed by atoms with Crippen LogP contribution in [-0.4, -0.2) is 22.1 Å². The Hall–Kier alpha value is -2.10. The summed E-state index contributed by atoms with van der Waals surface area (Å²) in [5.74, 6) is -0.0779. The van der Waals surface area contributed by atoms with Crippen LogP contribution in [0.3, 0.4) is 0 Å². The summed E-state index contributed by atoms with van der Waals surface area (Å²) in [6.45, 7) is 0. The molecule has 0 unspecified atom stereocenters. The van der Waals surface area contributed by atoms with Gasteiger partial charge in [-0.3, -0.25) is 0 Å². The van der Waals surface area contributed by atoms with E-state index in [2.05, 4.69) is 10.3 Å². The van der Waals surface area contributed by atoms with Crippen LogP contribution in [0.25, 0.3) is 10.9 Å². The third-order valence-electron chi connectivity index (χ3n) is 3.67. The molecule has 1 aliphatic rings. The predicted octanol–water partition coefficient (Wildman–Crippen LogP) is 3.29. The number of carbonyl (C=O) groups is 1. The van der Waals surface area contributed by atoms with Gasteiger partial charge in [-0.05, 0) is 37.1 Å². The van der Waals surface area contributed by atoms with Crippen LogP contribution >= 0.6 is 0 Å². The Morgan fingerprint density at radius 3 is 2.74 bits per heavy atom. The van der Waals surface area contributed by atoms with E-state index >= 15 is 0 Å². The van der Waals surface area contributed by atoms with E-state index in [1.165, 1.54) is 25.7 Å². The average molecular weight is 256 g/mol. The minimum Gasteiger partial charge on any atom is -0.478 e. The SMILES string of the molecule is O=C(O)c1cccc2nc(NC3CCCC3)ccc12. The van der Waals surface area contributed by atoms with Crippen molar-refractivity contribution in [2.24, 2.45) is 0 Å². The smallest absolute Gasteiger partial charge is 0.336 e. The highest BCUT2D eigenvalue weighted by Gasteiger charge is 2.15. The number of aromatic carboxylic acids is 1. The molecule has 1 heterocycles. The molecule has 2 aromatic rings. The zero-order valence-corrected chi connectivity index (χ0v) is 10.6. The molecular weight excluding hydrogens is 240 g/mol. The number of nitrogens with zero attached hydrogens (tertiary/aromatic N) is 1. The third-order valence-corrected chi connectivity index (χ3v) is 3.67. The number of nitrogens with one attached hydrogen (secondary N) is 1. The molecule has 0 atom stereocenters. The normalized spacial score (nSPS) is 15.8. The molecular formula is C15H16N2O2. The van der Waals surface area contributed by atoms with Gasteiger partial charge in [0.05, 0.1) is 11.1 Å². The minimum absolute atomic E-state index is 0.303. The summed E-state index contributed by atoms with van der Waals surface area (Å²) in [6, 6.07) is 9.40. The number of hydrogen-bond acceptors (Lipinski definition) is 3. The highest BCUT2D eigenvalue weighted by Crippen LogP contribution is 2.24. The highest BCUT2D eigenvalue weighted by atomic mass is 16.4. The van der Waals surface area contributed by atoms with Gasteiger partial charge in [0, 0.05) is 11.4 Å². The van der Waals surface area contributed by atoms with E-state index in [-0.39, 0.29) is 0 Å². The number of rotatable bonds is 3. The largest absolute Gasteiger partial charge is 0.478 e. The molecule has 0 saturated heterocycles. The maximum absolute atomic E-state index is 11.1. The highest BCUT2D eigenvalue weighted by molar-refractivity contribution is 6.02. The van der Waals surface area contributed by atoms with Crippen molar-refractivity contribution in [2.45, 2.75) is 31.7 Å². The molecule has 0 amide bonds. The van der Waals surface area contributed by atoms with Crippen LogP contribution in [0.5, 0.6) is 0 Å². The van der Waals surface area contributed by atoms with E-state index in [1.54, 1.807) is 12.1 Å². The lowest BCUT2D eigenvalue weighted by molar-refractivity contribution is 0.0699. The van der Waals surface area contributed by atoms with Crippen LogP contribution in [0, 0.1) is 0 Å². The summed E-state index contributed by atoms with van der Waals surface area (Å²) >= 11 is 0. The first-order valence-corrected chi connectivity index (χ1v) is 6.63. The topological polar surface area (TPSA) is 62.2 Å². The lowest BCUT2D eigenvalue weighted by Gasteiger charge is -2.13. The van der Waals surface area contributed by atoms with Crippen LogP contribution in [0.4, 0.5) is 5.82 Å². The van der Waals surface area contributed by atoms with Gasteiger partial charge in [0.1, 0.15) is 5.82 Å². The number of hydrogen-bond donors (Lipinski definition) is 2. The minimum atomic E-state index is -0.913. The van der Waals surface area contributed by atoms with Crippen LogP contribution in [0.1, 0.15) is 36.0 Å². The lowest BCUT2D eigenvalue weighted by atomic mass is 10.1. The second-order valence-corrected chi connectivity index (χ2v) is 5.00. The number of anilines is 1. The van der Waals surface area contributed by atoms with Gasteiger partial charge in [-0.15, -0.1) is 0 Å². The van der Waals surface area contributed by atoms with E-state index in [9.17, 15) is 4.79 Å². The molecule has 4 nitrogen and oxygen atoms in total. The quantitative estimate of drug-likeness (QED) is 0.884. The summed E-state index contributed by atoms with van der Waals surface area (Å²) in [7, 11) is 0. The first kappa shape index (κ1) is 12.0. The monoisotopic (exact) mass is 256 g/mol. The third kappa shape index (κ3) is 2.38. The van der Waals surface area contributed by atoms with Crippen molar-refractivity contribution in [1.82, 2.24) is 4.98 Å². The molecule has 0 spiro atoms. The van der Waals surface area contributed by atoms with E-state index in [1.807, 2.05) is 18.2 Å². The molecule has 3 rings (SSSR count). The maximum Gasteiger partial charge on any atom is 0.336 e. The van der Waals surface area contributed by atoms with Crippen molar-refractivity contribution >= 4 is 22.7 Å². The fourth-order valence-corrected chi connectivity index (χ4v) is 2.70. The van der Waals surface area contributed by atoms with Crippen LogP contribution in [-0.2, 0) is 0 Å². The van der Waals surface area contributed by atoms with Gasteiger partial charge in [-0.2, -0.15) is 0 Å². The van der Waals surface area contributed by atoms with Crippen LogP contribution < -0.4 is 5.32 Å². The zero-order chi connectivity index (χ0) is 13.2. The van der Waals surface area contributed by atoms with Crippen molar-refractivity contribution in [3.05, 3.63) is 35.9 Å². The molecule has 0 radical (unpaired) electrons. The molecule has 2 N–H and O–H groups in total. The first-order valence-electron chi connectivity index (χ1n) is 6.63. The van der Waals surface area contributed by atoms with Gasteiger partial charge < -0.3 is 10.4 Å². The van der Waals surface area contributed by atoms with E-state index < -0.39 is 5.97 Å². The predicted molar refractivity (Wildman–Crippen MR) is 74.6 cm³/mol. The molecule has 0 aliphatic heterocycles. The molecule has 1 aromatic carbocycles. The Bertz CT molecular complexity index is 619. The van der Waals surface area contributed by atoms with E-state index in [0.717, 1.165) is 11.3 Å². The second-order valence-electron chi connectivity index (χ2n) is 5.00. The number of carboxylic acid groups (broad SMARTS) is 1. The van der Waals surface area contributed by atoms with Crippen molar-refractivity contribution in [2.75, 3.05) is 5.32 Å². The van der Waals surface area contributed by atoms with Crippen LogP contribution in [0.2, 0.25) is 0 Å². The van der Waals surface area contributed by atoms with Crippen molar-refractivity contribution < 1.29 is 9.90 Å². The Balaban J connectivity index is 1.94. The van der Waals surface area contributed by atoms with Gasteiger partial charge >= 0.3 is 5.97 Å². The Morgan fingerprint density at radius 2 is 2.00 bits per heavy atom. The van der Waals surface area contributed by atoms with Gasteiger partial charge in [0.25, 0.3) is 0 Å². The fourth-order valence-electron chi connectivity index (χ4n) is 2.70. The van der Waals surface area contributed by atoms with Crippen molar-refractivity contribution in [3.8, 4) is 0 Å². The lowest BCUT2D eigenvalue weighted by Crippen LogP contribution is -2.15. The number of carboxylic acids is 1.